The molecule has 0 saturated carbocycles. The number of carbonyl (C=O) groups excluding carboxylic acids is 2. The molecule has 4 aromatic rings. The number of anilines is 1. The largest absolute Gasteiger partial charge is 0.332 e. The summed E-state index contributed by atoms with van der Waals surface area (Å²) in [5.74, 6) is -0.145. The van der Waals surface area contributed by atoms with Gasteiger partial charge in [0.1, 0.15) is 6.54 Å². The molecule has 3 heterocycles. The predicted octanol–water partition coefficient (Wildman–Crippen LogP) is 2.65. The van der Waals surface area contributed by atoms with Crippen LogP contribution >= 0.6 is 0 Å². The molecule has 1 aliphatic rings. The monoisotopic (exact) mass is 443 g/mol. The number of fused-ring (bicyclic) bond motifs is 1. The molecule has 0 bridgehead atoms. The van der Waals surface area contributed by atoms with E-state index < -0.39 is 0 Å². The van der Waals surface area contributed by atoms with Crippen LogP contribution in [0.2, 0.25) is 0 Å². The summed E-state index contributed by atoms with van der Waals surface area (Å²) in [6.07, 6.45) is 0.871. The maximum absolute atomic E-state index is 13.2. The number of nitrogens with one attached hydrogen (secondary N) is 1. The number of hydrogen-bond acceptors (Lipinski definition) is 7. The molecule has 0 fully saturated rings. The summed E-state index contributed by atoms with van der Waals surface area (Å²) in [5.41, 5.74) is 3.04. The van der Waals surface area contributed by atoms with Crippen molar-refractivity contribution in [3.8, 4) is 23.0 Å². The van der Waals surface area contributed by atoms with Crippen LogP contribution in [0.15, 0.2) is 59.1 Å². The van der Waals surface area contributed by atoms with E-state index >= 15 is 0 Å². The molecule has 1 N–H and O–H groups in total. The Morgan fingerprint density at radius 3 is 2.79 bits per heavy atom. The Kier molecular flexibility index (Phi) is 5.39. The summed E-state index contributed by atoms with van der Waals surface area (Å²) >= 11 is 0. The van der Waals surface area contributed by atoms with Crippen LogP contribution in [0.1, 0.15) is 23.0 Å². The van der Waals surface area contributed by atoms with Gasteiger partial charge in [-0.05, 0) is 24.1 Å². The summed E-state index contributed by atoms with van der Waals surface area (Å²) in [6, 6.07) is 17.0. The molecule has 0 saturated heterocycles. The van der Waals surface area contributed by atoms with Crippen molar-refractivity contribution in [1.29, 1.82) is 0 Å². The Bertz CT molecular complexity index is 1310. The highest BCUT2D eigenvalue weighted by molar-refractivity contribution is 6.01. The highest BCUT2D eigenvalue weighted by Crippen LogP contribution is 2.26. The van der Waals surface area contributed by atoms with Gasteiger partial charge in [0.2, 0.25) is 11.7 Å². The van der Waals surface area contributed by atoms with E-state index in [-0.39, 0.29) is 35.6 Å². The normalized spacial score (nSPS) is 13.1. The van der Waals surface area contributed by atoms with Crippen LogP contribution in [0, 0.1) is 0 Å². The lowest BCUT2D eigenvalue weighted by Crippen LogP contribution is -2.44. The molecular weight excluding hydrogens is 422 g/mol. The average molecular weight is 443 g/mol. The first-order valence-corrected chi connectivity index (χ1v) is 10.6. The van der Waals surface area contributed by atoms with Crippen LogP contribution in [0.5, 0.6) is 0 Å². The van der Waals surface area contributed by atoms with E-state index in [0.717, 1.165) is 17.5 Å². The number of hydrogen-bond donors (Lipinski definition) is 1. The van der Waals surface area contributed by atoms with Crippen molar-refractivity contribution >= 4 is 17.5 Å². The fourth-order valence-electron chi connectivity index (χ4n) is 3.71. The van der Waals surface area contributed by atoms with E-state index in [2.05, 4.69) is 25.8 Å². The quantitative estimate of drug-likeness (QED) is 0.486. The number of benzene rings is 2. The van der Waals surface area contributed by atoms with Crippen molar-refractivity contribution in [3.05, 3.63) is 65.9 Å². The minimum atomic E-state index is -0.363. The van der Waals surface area contributed by atoms with Gasteiger partial charge < -0.3 is 14.7 Å². The molecule has 0 radical (unpaired) electrons. The number of aromatic nitrogens is 5. The Balaban J connectivity index is 1.34. The second kappa shape index (κ2) is 8.65. The maximum Gasteiger partial charge on any atom is 0.281 e. The van der Waals surface area contributed by atoms with E-state index in [1.165, 1.54) is 9.58 Å². The van der Waals surface area contributed by atoms with E-state index in [4.69, 9.17) is 4.52 Å². The van der Waals surface area contributed by atoms with Crippen molar-refractivity contribution in [1.82, 2.24) is 30.0 Å². The molecule has 2 amide bonds. The topological polar surface area (TPSA) is 119 Å². The molecule has 10 nitrogen and oxygen atoms in total. The first-order valence-electron chi connectivity index (χ1n) is 10.6. The molecule has 166 valence electrons. The zero-order valence-corrected chi connectivity index (χ0v) is 17.9. The molecule has 0 atom stereocenters. The lowest BCUT2D eigenvalue weighted by molar-refractivity contribution is -0.117. The third-order valence-electron chi connectivity index (χ3n) is 5.42. The molecule has 10 heteroatoms. The van der Waals surface area contributed by atoms with E-state index in [9.17, 15) is 9.59 Å². The van der Waals surface area contributed by atoms with Crippen LogP contribution in [0.25, 0.3) is 23.0 Å². The van der Waals surface area contributed by atoms with Crippen molar-refractivity contribution in [3.63, 3.8) is 0 Å². The van der Waals surface area contributed by atoms with Gasteiger partial charge in [-0.2, -0.15) is 4.98 Å². The van der Waals surface area contributed by atoms with Crippen LogP contribution < -0.4 is 5.32 Å². The van der Waals surface area contributed by atoms with Crippen molar-refractivity contribution < 1.29 is 14.1 Å². The number of carbonyl (C=O) groups is 2. The molecule has 2 aromatic heterocycles. The highest BCUT2D eigenvalue weighted by Gasteiger charge is 2.33. The molecule has 2 aromatic carbocycles. The number of amides is 2. The van der Waals surface area contributed by atoms with Gasteiger partial charge in [-0.3, -0.25) is 9.59 Å². The smallest absolute Gasteiger partial charge is 0.281 e. The second-order valence-electron chi connectivity index (χ2n) is 7.63. The minimum Gasteiger partial charge on any atom is -0.332 e. The van der Waals surface area contributed by atoms with Crippen molar-refractivity contribution in [2.24, 2.45) is 0 Å². The summed E-state index contributed by atoms with van der Waals surface area (Å²) in [7, 11) is 0. The highest BCUT2D eigenvalue weighted by atomic mass is 16.5. The molecule has 0 spiro atoms. The summed E-state index contributed by atoms with van der Waals surface area (Å²) in [6.45, 7) is 2.72. The fourth-order valence-corrected chi connectivity index (χ4v) is 3.71. The lowest BCUT2D eigenvalue weighted by atomic mass is 10.1. The average Bonchev–Trinajstić information content (AvgIpc) is 3.49. The molecule has 0 unspecified atom stereocenters. The van der Waals surface area contributed by atoms with E-state index in [1.807, 2.05) is 61.5 Å². The fraction of sp³-hybridized carbons (Fsp3) is 0.217. The number of nitrogens with zero attached hydrogens (tertiary/aromatic N) is 6. The summed E-state index contributed by atoms with van der Waals surface area (Å²) in [4.78, 5) is 31.6. The Morgan fingerprint density at radius 1 is 1.12 bits per heavy atom. The van der Waals surface area contributed by atoms with E-state index in [0.29, 0.717) is 24.6 Å². The van der Waals surface area contributed by atoms with Crippen molar-refractivity contribution in [2.75, 3.05) is 18.4 Å². The first kappa shape index (κ1) is 20.6. The maximum atomic E-state index is 13.2. The zero-order chi connectivity index (χ0) is 22.8. The van der Waals surface area contributed by atoms with Gasteiger partial charge in [-0.15, -0.1) is 5.10 Å². The molecule has 1 aliphatic heterocycles. The zero-order valence-electron chi connectivity index (χ0n) is 17.9. The predicted molar refractivity (Wildman–Crippen MR) is 119 cm³/mol. The van der Waals surface area contributed by atoms with Gasteiger partial charge >= 0.3 is 0 Å². The lowest BCUT2D eigenvalue weighted by Gasteiger charge is -2.26. The number of aryl methyl sites for hydroxylation is 1. The van der Waals surface area contributed by atoms with Gasteiger partial charge in [0.05, 0.1) is 6.54 Å². The van der Waals surface area contributed by atoms with Crippen LogP contribution in [-0.4, -0.2) is 54.9 Å². The van der Waals surface area contributed by atoms with Crippen LogP contribution in [0.4, 0.5) is 5.69 Å². The van der Waals surface area contributed by atoms with Gasteiger partial charge in [0.15, 0.2) is 11.4 Å². The second-order valence-corrected chi connectivity index (χ2v) is 7.63. The first-order chi connectivity index (χ1) is 16.1. The summed E-state index contributed by atoms with van der Waals surface area (Å²) < 4.78 is 6.87. The standard InChI is InChI=1S/C23H21N7O3/c1-2-15-7-6-10-17(13-15)24-18(31)14-29-11-12-30-20(23(29)32)19(26-28-30)22-25-21(27-33-22)16-8-4-3-5-9-16/h3-10,13H,2,11-12,14H2,1H3,(H,24,31). The third kappa shape index (κ3) is 4.10. The number of rotatable bonds is 6. The molecule has 0 aliphatic carbocycles. The summed E-state index contributed by atoms with van der Waals surface area (Å²) in [5, 5.41) is 15.0. The van der Waals surface area contributed by atoms with Crippen molar-refractivity contribution in [2.45, 2.75) is 19.9 Å². The SMILES string of the molecule is CCc1cccc(NC(=O)CN2CCn3nnc(-c4nc(-c5ccccc5)no4)c3C2=O)c1. The third-order valence-corrected chi connectivity index (χ3v) is 5.42. The van der Waals surface area contributed by atoms with Gasteiger partial charge in [0.25, 0.3) is 11.8 Å². The van der Waals surface area contributed by atoms with Gasteiger partial charge in [0, 0.05) is 17.8 Å². The van der Waals surface area contributed by atoms with Gasteiger partial charge in [-0.1, -0.05) is 59.8 Å². The van der Waals surface area contributed by atoms with Crippen LogP contribution in [-0.2, 0) is 17.8 Å². The minimum absolute atomic E-state index is 0.0844. The molecular formula is C23H21N7O3. The molecule has 33 heavy (non-hydrogen) atoms. The van der Waals surface area contributed by atoms with Crippen LogP contribution in [0.3, 0.4) is 0 Å². The van der Waals surface area contributed by atoms with E-state index in [1.54, 1.807) is 0 Å². The molecule has 5 rings (SSSR count). The Morgan fingerprint density at radius 2 is 1.97 bits per heavy atom. The van der Waals surface area contributed by atoms with Gasteiger partial charge in [-0.25, -0.2) is 4.68 Å². The Hall–Kier alpha value is -4.34. The Labute approximate surface area is 189 Å².